The molecule has 0 aliphatic carbocycles. The van der Waals surface area contributed by atoms with E-state index < -0.39 is 11.9 Å². The summed E-state index contributed by atoms with van der Waals surface area (Å²) in [5.41, 5.74) is 1.05. The van der Waals surface area contributed by atoms with Gasteiger partial charge < -0.3 is 9.47 Å². The first-order chi connectivity index (χ1) is 6.58. The molecular formula is C10H14O4. The van der Waals surface area contributed by atoms with Gasteiger partial charge in [-0.3, -0.25) is 9.59 Å². The number of hydrogen-bond acceptors (Lipinski definition) is 4. The lowest BCUT2D eigenvalue weighted by atomic mass is 10.1. The summed E-state index contributed by atoms with van der Waals surface area (Å²) < 4.78 is 9.71. The van der Waals surface area contributed by atoms with Crippen LogP contribution in [0.4, 0.5) is 0 Å². The summed E-state index contributed by atoms with van der Waals surface area (Å²) in [5, 5.41) is 0. The van der Waals surface area contributed by atoms with Gasteiger partial charge in [0, 0.05) is 13.3 Å². The lowest BCUT2D eigenvalue weighted by molar-refractivity contribution is -0.158. The smallest absolute Gasteiger partial charge is 0.313 e. The van der Waals surface area contributed by atoms with E-state index >= 15 is 0 Å². The number of rotatable bonds is 3. The van der Waals surface area contributed by atoms with E-state index in [9.17, 15) is 9.59 Å². The molecule has 0 saturated carbocycles. The first kappa shape index (κ1) is 10.9. The van der Waals surface area contributed by atoms with Gasteiger partial charge in [0.1, 0.15) is 0 Å². The monoisotopic (exact) mass is 198 g/mol. The quantitative estimate of drug-likeness (QED) is 0.388. The zero-order valence-corrected chi connectivity index (χ0v) is 8.25. The molecule has 0 spiro atoms. The average molecular weight is 198 g/mol. The molecule has 0 aromatic carbocycles. The van der Waals surface area contributed by atoms with E-state index in [1.807, 2.05) is 0 Å². The van der Waals surface area contributed by atoms with E-state index in [0.717, 1.165) is 12.0 Å². The first-order valence-corrected chi connectivity index (χ1v) is 4.57. The molecule has 1 rings (SSSR count). The van der Waals surface area contributed by atoms with Gasteiger partial charge in [-0.05, 0) is 18.4 Å². The van der Waals surface area contributed by atoms with Gasteiger partial charge in [-0.1, -0.05) is 6.58 Å². The van der Waals surface area contributed by atoms with Crippen molar-refractivity contribution in [3.63, 3.8) is 0 Å². The van der Waals surface area contributed by atoms with Gasteiger partial charge in [-0.2, -0.15) is 0 Å². The first-order valence-electron chi connectivity index (χ1n) is 4.57. The van der Waals surface area contributed by atoms with Crippen LogP contribution in [-0.4, -0.2) is 24.6 Å². The molecule has 1 unspecified atom stereocenters. The highest BCUT2D eigenvalue weighted by Gasteiger charge is 2.20. The van der Waals surface area contributed by atoms with Crippen molar-refractivity contribution in [2.24, 2.45) is 0 Å². The van der Waals surface area contributed by atoms with Crippen LogP contribution in [0.25, 0.3) is 0 Å². The van der Waals surface area contributed by atoms with Gasteiger partial charge in [0.15, 0.2) is 0 Å². The van der Waals surface area contributed by atoms with E-state index in [2.05, 4.69) is 11.3 Å². The Morgan fingerprint density at radius 3 is 2.86 bits per heavy atom. The molecule has 0 radical (unpaired) electrons. The Morgan fingerprint density at radius 2 is 2.36 bits per heavy atom. The number of ether oxygens (including phenoxy) is 2. The standard InChI is InChI=1S/C10H14O4/c1-7-5-9(13-6-7)3-4-10(12)14-8(2)11/h9H,1,3-6H2,2H3. The summed E-state index contributed by atoms with van der Waals surface area (Å²) in [6.45, 7) is 5.57. The van der Waals surface area contributed by atoms with Crippen LogP contribution in [0, 0.1) is 0 Å². The van der Waals surface area contributed by atoms with Gasteiger partial charge in [0.05, 0.1) is 12.7 Å². The lowest BCUT2D eigenvalue weighted by Crippen LogP contribution is -2.13. The molecule has 0 bridgehead atoms. The van der Waals surface area contributed by atoms with Crippen molar-refractivity contribution in [2.45, 2.75) is 32.3 Å². The number of carbonyl (C=O) groups excluding carboxylic acids is 2. The molecule has 1 fully saturated rings. The topological polar surface area (TPSA) is 52.6 Å². The van der Waals surface area contributed by atoms with E-state index in [4.69, 9.17) is 4.74 Å². The zero-order valence-electron chi connectivity index (χ0n) is 8.25. The maximum atomic E-state index is 11.0. The van der Waals surface area contributed by atoms with Crippen LogP contribution < -0.4 is 0 Å². The van der Waals surface area contributed by atoms with E-state index in [0.29, 0.717) is 13.0 Å². The molecule has 1 aliphatic rings. The van der Waals surface area contributed by atoms with Crippen LogP contribution in [0.5, 0.6) is 0 Å². The zero-order chi connectivity index (χ0) is 10.6. The Kier molecular flexibility index (Phi) is 3.83. The minimum absolute atomic E-state index is 0.0574. The normalized spacial score (nSPS) is 20.9. The van der Waals surface area contributed by atoms with Gasteiger partial charge in [-0.15, -0.1) is 0 Å². The third kappa shape index (κ3) is 3.70. The molecule has 4 nitrogen and oxygen atoms in total. The Balaban J connectivity index is 2.17. The fourth-order valence-corrected chi connectivity index (χ4v) is 1.35. The van der Waals surface area contributed by atoms with Crippen molar-refractivity contribution in [2.75, 3.05) is 6.61 Å². The van der Waals surface area contributed by atoms with E-state index in [-0.39, 0.29) is 12.5 Å². The van der Waals surface area contributed by atoms with Crippen LogP contribution in [0.2, 0.25) is 0 Å². The molecule has 1 heterocycles. The molecule has 1 atom stereocenters. The fourth-order valence-electron chi connectivity index (χ4n) is 1.35. The summed E-state index contributed by atoms with van der Waals surface area (Å²) in [6.07, 6.45) is 1.66. The molecule has 0 aromatic heterocycles. The van der Waals surface area contributed by atoms with Crippen molar-refractivity contribution in [1.82, 2.24) is 0 Å². The third-order valence-electron chi connectivity index (χ3n) is 1.97. The maximum Gasteiger partial charge on any atom is 0.313 e. The molecule has 4 heteroatoms. The summed E-state index contributed by atoms with van der Waals surface area (Å²) >= 11 is 0. The second-order valence-electron chi connectivity index (χ2n) is 3.39. The number of hydrogen-bond donors (Lipinski definition) is 0. The van der Waals surface area contributed by atoms with Gasteiger partial charge in [-0.25, -0.2) is 0 Å². The van der Waals surface area contributed by atoms with E-state index in [1.54, 1.807) is 0 Å². The van der Waals surface area contributed by atoms with Crippen molar-refractivity contribution in [1.29, 1.82) is 0 Å². The van der Waals surface area contributed by atoms with Crippen LogP contribution >= 0.6 is 0 Å². The second-order valence-corrected chi connectivity index (χ2v) is 3.39. The molecule has 0 N–H and O–H groups in total. The van der Waals surface area contributed by atoms with Crippen molar-refractivity contribution in [3.05, 3.63) is 12.2 Å². The molecule has 1 saturated heterocycles. The van der Waals surface area contributed by atoms with Gasteiger partial charge in [0.2, 0.25) is 0 Å². The third-order valence-corrected chi connectivity index (χ3v) is 1.97. The number of esters is 2. The van der Waals surface area contributed by atoms with Crippen LogP contribution in [0.15, 0.2) is 12.2 Å². The average Bonchev–Trinajstić information content (AvgIpc) is 2.47. The Labute approximate surface area is 82.9 Å². The highest BCUT2D eigenvalue weighted by atomic mass is 16.6. The summed E-state index contributed by atoms with van der Waals surface area (Å²) in [5.74, 6) is -1.05. The summed E-state index contributed by atoms with van der Waals surface area (Å²) in [7, 11) is 0. The minimum atomic E-state index is -0.563. The summed E-state index contributed by atoms with van der Waals surface area (Å²) in [6, 6.07) is 0. The van der Waals surface area contributed by atoms with Gasteiger partial charge in [0.25, 0.3) is 0 Å². The molecule has 0 aromatic rings. The predicted octanol–water partition coefficient (Wildman–Crippen LogP) is 1.20. The largest absolute Gasteiger partial charge is 0.393 e. The Morgan fingerprint density at radius 1 is 1.64 bits per heavy atom. The van der Waals surface area contributed by atoms with Gasteiger partial charge >= 0.3 is 11.9 Å². The Bertz CT molecular complexity index is 257. The van der Waals surface area contributed by atoms with Crippen molar-refractivity contribution in [3.8, 4) is 0 Å². The highest BCUT2D eigenvalue weighted by Crippen LogP contribution is 2.20. The molecule has 1 aliphatic heterocycles. The lowest BCUT2D eigenvalue weighted by Gasteiger charge is -2.06. The van der Waals surface area contributed by atoms with Crippen LogP contribution in [-0.2, 0) is 19.1 Å². The Hall–Kier alpha value is -1.16. The van der Waals surface area contributed by atoms with Crippen molar-refractivity contribution < 1.29 is 19.1 Å². The highest BCUT2D eigenvalue weighted by molar-refractivity contribution is 5.83. The second kappa shape index (κ2) is 4.91. The van der Waals surface area contributed by atoms with E-state index in [1.165, 1.54) is 6.92 Å². The molecule has 0 amide bonds. The molecule has 14 heavy (non-hydrogen) atoms. The van der Waals surface area contributed by atoms with Crippen LogP contribution in [0.3, 0.4) is 0 Å². The summed E-state index contributed by atoms with van der Waals surface area (Å²) in [4.78, 5) is 21.4. The molecular weight excluding hydrogens is 184 g/mol. The van der Waals surface area contributed by atoms with Crippen LogP contribution in [0.1, 0.15) is 26.2 Å². The number of carbonyl (C=O) groups is 2. The predicted molar refractivity (Wildman–Crippen MR) is 49.5 cm³/mol. The SMILES string of the molecule is C=C1COC(CCC(=O)OC(C)=O)C1. The molecule has 78 valence electrons. The maximum absolute atomic E-state index is 11.0. The fraction of sp³-hybridized carbons (Fsp3) is 0.600. The van der Waals surface area contributed by atoms with Crippen molar-refractivity contribution >= 4 is 11.9 Å². The minimum Gasteiger partial charge on any atom is -0.393 e.